The Labute approximate surface area is 166 Å². The Hall–Kier alpha value is -2.72. The molecule has 4 heteroatoms. The van der Waals surface area contributed by atoms with E-state index in [-0.39, 0.29) is 11.9 Å². The molecule has 1 N–H and O–H groups in total. The smallest absolute Gasteiger partial charge is 0.222 e. The van der Waals surface area contributed by atoms with Crippen LogP contribution in [0.1, 0.15) is 37.1 Å². The number of carbonyl (C=O) groups excluding carboxylic acids is 1. The maximum absolute atomic E-state index is 12.9. The lowest BCUT2D eigenvalue weighted by Crippen LogP contribution is -2.46. The predicted octanol–water partition coefficient (Wildman–Crippen LogP) is 4.03. The lowest BCUT2D eigenvalue weighted by Gasteiger charge is -2.35. The second-order valence-electron chi connectivity index (χ2n) is 8.30. The van der Waals surface area contributed by atoms with Gasteiger partial charge in [-0.05, 0) is 49.9 Å². The van der Waals surface area contributed by atoms with Crippen LogP contribution < -0.4 is 5.32 Å². The van der Waals surface area contributed by atoms with Crippen LogP contribution in [0, 0.1) is 0 Å². The Bertz CT molecular complexity index is 1010. The highest BCUT2D eigenvalue weighted by molar-refractivity contribution is 5.86. The first-order valence-electron chi connectivity index (χ1n) is 9.86. The molecule has 0 spiro atoms. The summed E-state index contributed by atoms with van der Waals surface area (Å²) in [6.07, 6.45) is 3.21. The van der Waals surface area contributed by atoms with Crippen molar-refractivity contribution in [2.24, 2.45) is 0 Å². The summed E-state index contributed by atoms with van der Waals surface area (Å²) in [5.41, 5.74) is 3.08. The first-order chi connectivity index (χ1) is 13.4. The number of carbonyl (C=O) groups is 1. The number of rotatable bonds is 4. The first-order valence-corrected chi connectivity index (χ1v) is 9.86. The minimum absolute atomic E-state index is 0.0657. The van der Waals surface area contributed by atoms with Gasteiger partial charge < -0.3 is 5.32 Å². The molecule has 2 aromatic carbocycles. The lowest BCUT2D eigenvalue weighted by atomic mass is 9.91. The summed E-state index contributed by atoms with van der Waals surface area (Å²) in [7, 11) is 2.10. The summed E-state index contributed by atoms with van der Waals surface area (Å²) in [6.45, 7) is 4.95. The van der Waals surface area contributed by atoms with Crippen LogP contribution in [-0.2, 0) is 23.3 Å². The molecular formula is C24H27N3O. The van der Waals surface area contributed by atoms with Crippen molar-refractivity contribution in [2.45, 2.75) is 44.8 Å². The van der Waals surface area contributed by atoms with Crippen LogP contribution in [0.2, 0.25) is 0 Å². The van der Waals surface area contributed by atoms with E-state index in [0.717, 1.165) is 29.4 Å². The number of amides is 1. The molecule has 3 aromatic rings. The van der Waals surface area contributed by atoms with E-state index in [1.165, 1.54) is 11.1 Å². The number of aromatic nitrogens is 1. The summed E-state index contributed by atoms with van der Waals surface area (Å²) in [5.74, 6) is 0.0657. The molecule has 144 valence electrons. The van der Waals surface area contributed by atoms with Crippen molar-refractivity contribution in [1.29, 1.82) is 0 Å². The number of hydrogen-bond donors (Lipinski definition) is 1. The Balaban J connectivity index is 1.50. The van der Waals surface area contributed by atoms with Gasteiger partial charge in [-0.15, -0.1) is 0 Å². The third-order valence-corrected chi connectivity index (χ3v) is 5.76. The number of benzene rings is 2. The summed E-state index contributed by atoms with van der Waals surface area (Å²) in [6, 6.07) is 18.9. The van der Waals surface area contributed by atoms with Crippen LogP contribution in [0.25, 0.3) is 10.8 Å². The summed E-state index contributed by atoms with van der Waals surface area (Å²) >= 11 is 0. The van der Waals surface area contributed by atoms with Crippen LogP contribution >= 0.6 is 0 Å². The molecule has 28 heavy (non-hydrogen) atoms. The molecular weight excluding hydrogens is 346 g/mol. The Morgan fingerprint density at radius 1 is 1.11 bits per heavy atom. The second-order valence-corrected chi connectivity index (χ2v) is 8.30. The number of nitrogens with zero attached hydrogens (tertiary/aromatic N) is 2. The van der Waals surface area contributed by atoms with E-state index in [4.69, 9.17) is 0 Å². The molecule has 4 nitrogen and oxygen atoms in total. The zero-order chi connectivity index (χ0) is 19.7. The fraction of sp³-hybridized carbons (Fsp3) is 0.333. The van der Waals surface area contributed by atoms with Crippen molar-refractivity contribution in [1.82, 2.24) is 15.2 Å². The summed E-state index contributed by atoms with van der Waals surface area (Å²) < 4.78 is 0. The minimum atomic E-state index is -0.539. The van der Waals surface area contributed by atoms with Gasteiger partial charge >= 0.3 is 0 Å². The molecule has 1 unspecified atom stereocenters. The van der Waals surface area contributed by atoms with E-state index >= 15 is 0 Å². The molecule has 4 rings (SSSR count). The van der Waals surface area contributed by atoms with Crippen LogP contribution in [-0.4, -0.2) is 28.9 Å². The third-order valence-electron chi connectivity index (χ3n) is 5.76. The maximum Gasteiger partial charge on any atom is 0.222 e. The zero-order valence-electron chi connectivity index (χ0n) is 16.8. The highest BCUT2D eigenvalue weighted by Gasteiger charge is 2.30. The molecule has 0 fully saturated rings. The van der Waals surface area contributed by atoms with E-state index in [1.807, 2.05) is 38.2 Å². The first kappa shape index (κ1) is 18.6. The van der Waals surface area contributed by atoms with E-state index < -0.39 is 5.54 Å². The van der Waals surface area contributed by atoms with Crippen LogP contribution in [0.5, 0.6) is 0 Å². The van der Waals surface area contributed by atoms with Crippen LogP contribution in [0.15, 0.2) is 60.8 Å². The fourth-order valence-electron chi connectivity index (χ4n) is 4.24. The average molecular weight is 374 g/mol. The molecule has 2 heterocycles. The van der Waals surface area contributed by atoms with Gasteiger partial charge in [-0.2, -0.15) is 0 Å². The Kier molecular flexibility index (Phi) is 4.90. The van der Waals surface area contributed by atoms with Gasteiger partial charge in [-0.3, -0.25) is 14.7 Å². The van der Waals surface area contributed by atoms with Gasteiger partial charge in [0.15, 0.2) is 0 Å². The zero-order valence-corrected chi connectivity index (χ0v) is 16.8. The number of likely N-dealkylation sites (N-methyl/N-ethyl adjacent to an activating group) is 1. The topological polar surface area (TPSA) is 45.2 Å². The molecule has 0 saturated heterocycles. The van der Waals surface area contributed by atoms with E-state index in [2.05, 4.69) is 58.6 Å². The highest BCUT2D eigenvalue weighted by atomic mass is 16.1. The number of hydrogen-bond acceptors (Lipinski definition) is 3. The van der Waals surface area contributed by atoms with E-state index in [1.54, 1.807) is 0 Å². The van der Waals surface area contributed by atoms with Gasteiger partial charge in [-0.1, -0.05) is 48.5 Å². The lowest BCUT2D eigenvalue weighted by molar-refractivity contribution is -0.124. The van der Waals surface area contributed by atoms with Crippen molar-refractivity contribution in [3.63, 3.8) is 0 Å². The standard InChI is InChI=1S/C24H27N3O/c1-24(2,23-21-11-7-6-8-17(21)12-13-25-23)26-22(28)15-20-14-18-9-4-5-10-19(18)16-27(20)3/h4-13,20H,14-16H2,1-3H3,(H,26,28). The second kappa shape index (κ2) is 7.36. The maximum atomic E-state index is 12.9. The molecule has 0 radical (unpaired) electrons. The van der Waals surface area contributed by atoms with Crippen LogP contribution in [0.3, 0.4) is 0 Å². The largest absolute Gasteiger partial charge is 0.346 e. The fourth-order valence-corrected chi connectivity index (χ4v) is 4.24. The van der Waals surface area contributed by atoms with Crippen molar-refractivity contribution in [3.05, 3.63) is 77.6 Å². The number of fused-ring (bicyclic) bond motifs is 2. The van der Waals surface area contributed by atoms with E-state index in [0.29, 0.717) is 6.42 Å². The Morgan fingerprint density at radius 2 is 1.82 bits per heavy atom. The monoisotopic (exact) mass is 373 g/mol. The highest BCUT2D eigenvalue weighted by Crippen LogP contribution is 2.27. The van der Waals surface area contributed by atoms with Gasteiger partial charge in [0, 0.05) is 30.6 Å². The SMILES string of the molecule is CN1Cc2ccccc2CC1CC(=O)NC(C)(C)c1nccc2ccccc12. The molecule has 1 amide bonds. The summed E-state index contributed by atoms with van der Waals surface area (Å²) in [5, 5.41) is 5.45. The molecule has 0 bridgehead atoms. The predicted molar refractivity (Wildman–Crippen MR) is 113 cm³/mol. The van der Waals surface area contributed by atoms with Gasteiger partial charge in [0.05, 0.1) is 11.2 Å². The summed E-state index contributed by atoms with van der Waals surface area (Å²) in [4.78, 5) is 19.8. The molecule has 0 saturated carbocycles. The molecule has 1 atom stereocenters. The molecule has 0 aliphatic carbocycles. The van der Waals surface area contributed by atoms with Crippen LogP contribution in [0.4, 0.5) is 0 Å². The third kappa shape index (κ3) is 3.65. The van der Waals surface area contributed by atoms with Gasteiger partial charge in [0.25, 0.3) is 0 Å². The molecule has 1 aromatic heterocycles. The number of nitrogens with one attached hydrogen (secondary N) is 1. The normalized spacial score (nSPS) is 17.3. The van der Waals surface area contributed by atoms with Crippen molar-refractivity contribution in [3.8, 4) is 0 Å². The van der Waals surface area contributed by atoms with Crippen molar-refractivity contribution < 1.29 is 4.79 Å². The molecule has 1 aliphatic heterocycles. The minimum Gasteiger partial charge on any atom is -0.346 e. The Morgan fingerprint density at radius 3 is 2.64 bits per heavy atom. The molecule has 1 aliphatic rings. The quantitative estimate of drug-likeness (QED) is 0.751. The van der Waals surface area contributed by atoms with E-state index in [9.17, 15) is 4.79 Å². The van der Waals surface area contributed by atoms with Gasteiger partial charge in [0.1, 0.15) is 0 Å². The van der Waals surface area contributed by atoms with Gasteiger partial charge in [0.2, 0.25) is 5.91 Å². The average Bonchev–Trinajstić information content (AvgIpc) is 2.67. The van der Waals surface area contributed by atoms with Crippen molar-refractivity contribution >= 4 is 16.7 Å². The van der Waals surface area contributed by atoms with Crippen molar-refractivity contribution in [2.75, 3.05) is 7.05 Å². The number of pyridine rings is 1. The van der Waals surface area contributed by atoms with Gasteiger partial charge in [-0.25, -0.2) is 0 Å².